The lowest BCUT2D eigenvalue weighted by molar-refractivity contribution is -0.120. The van der Waals surface area contributed by atoms with E-state index in [0.717, 1.165) is 21.8 Å². The fraction of sp³-hybridized carbons (Fsp3) is 0.211. The molecule has 0 saturated carbocycles. The minimum absolute atomic E-state index is 0.0214. The van der Waals surface area contributed by atoms with Crippen LogP contribution in [0.25, 0.3) is 16.8 Å². The number of amides is 1. The number of thioether (sulfide) groups is 1. The quantitative estimate of drug-likeness (QED) is 0.530. The average molecular weight is 365 g/mol. The molecule has 4 aromatic rings. The van der Waals surface area contributed by atoms with Crippen molar-refractivity contribution in [1.29, 1.82) is 0 Å². The number of imidazole rings is 1. The van der Waals surface area contributed by atoms with Crippen LogP contribution in [0, 0.1) is 0 Å². The maximum Gasteiger partial charge on any atom is 0.233 e. The van der Waals surface area contributed by atoms with Crippen molar-refractivity contribution in [3.05, 3.63) is 60.2 Å². The third-order valence-corrected chi connectivity index (χ3v) is 5.37. The number of nitrogens with zero attached hydrogens (tertiary/aromatic N) is 3. The number of aromatic amines is 1. The molecule has 26 heavy (non-hydrogen) atoms. The molecule has 0 aliphatic rings. The Morgan fingerprint density at radius 3 is 2.65 bits per heavy atom. The molecule has 0 fully saturated rings. The molecule has 1 amide bonds. The Labute approximate surface area is 155 Å². The molecule has 0 aliphatic carbocycles. The predicted octanol–water partition coefficient (Wildman–Crippen LogP) is 3.57. The van der Waals surface area contributed by atoms with Gasteiger partial charge in [-0.15, -0.1) is 5.10 Å². The van der Waals surface area contributed by atoms with Gasteiger partial charge >= 0.3 is 0 Å². The van der Waals surface area contributed by atoms with Gasteiger partial charge in [0.2, 0.25) is 11.7 Å². The van der Waals surface area contributed by atoms with E-state index in [2.05, 4.69) is 20.5 Å². The van der Waals surface area contributed by atoms with Crippen LogP contribution in [0.5, 0.6) is 0 Å². The van der Waals surface area contributed by atoms with Gasteiger partial charge in [-0.1, -0.05) is 54.2 Å². The molecular formula is C19H19N5OS. The number of aromatic nitrogens is 4. The molecule has 2 atom stereocenters. The lowest BCUT2D eigenvalue weighted by Crippen LogP contribution is -2.33. The largest absolute Gasteiger partial charge is 0.349 e. The lowest BCUT2D eigenvalue weighted by Gasteiger charge is -2.17. The van der Waals surface area contributed by atoms with Gasteiger partial charge in [0.1, 0.15) is 0 Å². The predicted molar refractivity (Wildman–Crippen MR) is 103 cm³/mol. The van der Waals surface area contributed by atoms with Crippen LogP contribution < -0.4 is 5.32 Å². The van der Waals surface area contributed by atoms with E-state index in [1.807, 2.05) is 72.8 Å². The minimum atomic E-state index is -0.283. The lowest BCUT2D eigenvalue weighted by atomic mass is 10.1. The Bertz CT molecular complexity index is 1060. The van der Waals surface area contributed by atoms with Crippen molar-refractivity contribution >= 4 is 34.5 Å². The first-order valence-electron chi connectivity index (χ1n) is 8.47. The highest BCUT2D eigenvalue weighted by molar-refractivity contribution is 8.00. The number of benzene rings is 2. The first kappa shape index (κ1) is 16.7. The number of rotatable bonds is 5. The molecule has 6 nitrogen and oxygen atoms in total. The molecule has 7 heteroatoms. The summed E-state index contributed by atoms with van der Waals surface area (Å²) in [7, 11) is 0. The summed E-state index contributed by atoms with van der Waals surface area (Å²) in [6, 6.07) is 17.8. The number of H-pyrrole nitrogens is 1. The molecule has 0 unspecified atom stereocenters. The zero-order chi connectivity index (χ0) is 18.1. The normalized spacial score (nSPS) is 13.8. The van der Waals surface area contributed by atoms with Gasteiger partial charge in [-0.3, -0.25) is 9.20 Å². The highest BCUT2D eigenvalue weighted by atomic mass is 32.2. The van der Waals surface area contributed by atoms with Gasteiger partial charge in [-0.2, -0.15) is 0 Å². The Hall–Kier alpha value is -2.80. The topological polar surface area (TPSA) is 75.1 Å². The second-order valence-electron chi connectivity index (χ2n) is 6.17. The van der Waals surface area contributed by atoms with Gasteiger partial charge in [0.25, 0.3) is 0 Å². The van der Waals surface area contributed by atoms with Crippen LogP contribution in [0.4, 0.5) is 0 Å². The van der Waals surface area contributed by atoms with Gasteiger partial charge < -0.3 is 5.32 Å². The Balaban J connectivity index is 1.52. The van der Waals surface area contributed by atoms with Crippen molar-refractivity contribution in [2.75, 3.05) is 0 Å². The summed E-state index contributed by atoms with van der Waals surface area (Å²) in [5.41, 5.74) is 2.96. The molecule has 2 N–H and O–H groups in total. The van der Waals surface area contributed by atoms with Crippen LogP contribution >= 0.6 is 11.8 Å². The summed E-state index contributed by atoms with van der Waals surface area (Å²) in [6.45, 7) is 3.87. The molecule has 2 aromatic carbocycles. The van der Waals surface area contributed by atoms with E-state index in [0.29, 0.717) is 5.78 Å². The Kier molecular flexibility index (Phi) is 4.38. The van der Waals surface area contributed by atoms with E-state index in [1.54, 1.807) is 0 Å². The van der Waals surface area contributed by atoms with Gasteiger partial charge in [-0.05, 0) is 31.5 Å². The molecule has 0 bridgehead atoms. The monoisotopic (exact) mass is 365 g/mol. The first-order valence-corrected chi connectivity index (χ1v) is 9.35. The van der Waals surface area contributed by atoms with Gasteiger partial charge in [0, 0.05) is 0 Å². The molecule has 0 radical (unpaired) electrons. The van der Waals surface area contributed by atoms with E-state index >= 15 is 0 Å². The Morgan fingerprint density at radius 1 is 1.12 bits per heavy atom. The van der Waals surface area contributed by atoms with Crippen LogP contribution in [0.2, 0.25) is 0 Å². The highest BCUT2D eigenvalue weighted by Crippen LogP contribution is 2.26. The zero-order valence-corrected chi connectivity index (χ0v) is 15.3. The zero-order valence-electron chi connectivity index (χ0n) is 14.5. The van der Waals surface area contributed by atoms with E-state index < -0.39 is 0 Å². The number of hydrogen-bond donors (Lipinski definition) is 2. The summed E-state index contributed by atoms with van der Waals surface area (Å²) >= 11 is 1.41. The number of fused-ring (bicyclic) bond motifs is 3. The minimum Gasteiger partial charge on any atom is -0.349 e. The third-order valence-electron chi connectivity index (χ3n) is 4.31. The summed E-state index contributed by atoms with van der Waals surface area (Å²) in [4.78, 5) is 17.1. The molecule has 0 spiro atoms. The highest BCUT2D eigenvalue weighted by Gasteiger charge is 2.21. The summed E-state index contributed by atoms with van der Waals surface area (Å²) in [5, 5.41) is 10.8. The maximum absolute atomic E-state index is 12.6. The molecule has 0 saturated heterocycles. The Morgan fingerprint density at radius 2 is 1.85 bits per heavy atom. The van der Waals surface area contributed by atoms with Crippen molar-refractivity contribution < 1.29 is 4.79 Å². The molecule has 0 aliphatic heterocycles. The van der Waals surface area contributed by atoms with Crippen LogP contribution in [-0.2, 0) is 4.79 Å². The fourth-order valence-electron chi connectivity index (χ4n) is 2.89. The van der Waals surface area contributed by atoms with Gasteiger partial charge in [0.15, 0.2) is 5.16 Å². The van der Waals surface area contributed by atoms with Crippen molar-refractivity contribution in [3.8, 4) is 0 Å². The smallest absolute Gasteiger partial charge is 0.233 e. The number of hydrogen-bond acceptors (Lipinski definition) is 4. The number of para-hydroxylation sites is 2. The van der Waals surface area contributed by atoms with Crippen LogP contribution in [0.15, 0.2) is 59.8 Å². The SMILES string of the molecule is C[C@H](NC(=O)[C@@H](C)Sc1n[nH]c2nc3ccccc3n12)c1ccccc1. The standard InChI is InChI=1S/C19H19N5OS/c1-12(14-8-4-3-5-9-14)20-17(25)13(2)26-19-23-22-18-21-15-10-6-7-11-16(15)24(18)19/h3-13H,1-2H3,(H,20,25)(H,21,22)/t12-,13+/m0/s1. The van der Waals surface area contributed by atoms with E-state index in [-0.39, 0.29) is 17.2 Å². The summed E-state index contributed by atoms with van der Waals surface area (Å²) in [6.07, 6.45) is 0. The number of carbonyl (C=O) groups is 1. The van der Waals surface area contributed by atoms with Gasteiger partial charge in [-0.25, -0.2) is 10.1 Å². The van der Waals surface area contributed by atoms with Crippen LogP contribution in [0.3, 0.4) is 0 Å². The van der Waals surface area contributed by atoms with E-state index in [4.69, 9.17) is 0 Å². The second kappa shape index (κ2) is 6.84. The molecule has 4 rings (SSSR count). The molecule has 2 aromatic heterocycles. The van der Waals surface area contributed by atoms with Crippen molar-refractivity contribution in [2.45, 2.75) is 30.3 Å². The molecular weight excluding hydrogens is 346 g/mol. The number of nitrogens with one attached hydrogen (secondary N) is 2. The van der Waals surface area contributed by atoms with Crippen molar-refractivity contribution in [2.24, 2.45) is 0 Å². The maximum atomic E-state index is 12.6. The van der Waals surface area contributed by atoms with Crippen LogP contribution in [0.1, 0.15) is 25.5 Å². The van der Waals surface area contributed by atoms with Crippen molar-refractivity contribution in [1.82, 2.24) is 24.9 Å². The summed E-state index contributed by atoms with van der Waals surface area (Å²) < 4.78 is 1.95. The van der Waals surface area contributed by atoms with Crippen LogP contribution in [-0.4, -0.2) is 30.7 Å². The fourth-order valence-corrected chi connectivity index (χ4v) is 3.77. The molecule has 2 heterocycles. The average Bonchev–Trinajstić information content (AvgIpc) is 3.22. The number of carbonyl (C=O) groups excluding carboxylic acids is 1. The van der Waals surface area contributed by atoms with Crippen molar-refractivity contribution in [3.63, 3.8) is 0 Å². The summed E-state index contributed by atoms with van der Waals surface area (Å²) in [5.74, 6) is 0.658. The van der Waals surface area contributed by atoms with E-state index in [9.17, 15) is 4.79 Å². The molecule has 132 valence electrons. The second-order valence-corrected chi connectivity index (χ2v) is 7.47. The third kappa shape index (κ3) is 3.06. The first-order chi connectivity index (χ1) is 12.6. The van der Waals surface area contributed by atoms with Gasteiger partial charge in [0.05, 0.1) is 22.3 Å². The van der Waals surface area contributed by atoms with E-state index in [1.165, 1.54) is 11.8 Å².